The van der Waals surface area contributed by atoms with Crippen LogP contribution in [0.5, 0.6) is 0 Å². The molecule has 0 aliphatic carbocycles. The number of amides is 2. The lowest BCUT2D eigenvalue weighted by Gasteiger charge is -2.21. The summed E-state index contributed by atoms with van der Waals surface area (Å²) < 4.78 is 0. The van der Waals surface area contributed by atoms with E-state index in [9.17, 15) is 9.59 Å². The Hall–Kier alpha value is -1.88. The number of nitrogens with one attached hydrogen (secondary N) is 2. The van der Waals surface area contributed by atoms with Crippen molar-refractivity contribution in [1.29, 1.82) is 0 Å². The molecular formula is C15H21N3O2. The second-order valence-electron chi connectivity index (χ2n) is 5.11. The fraction of sp³-hybridized carbons (Fsp3) is 0.467. The predicted octanol–water partition coefficient (Wildman–Crippen LogP) is 0.330. The zero-order valence-electron chi connectivity index (χ0n) is 11.5. The van der Waals surface area contributed by atoms with E-state index >= 15 is 0 Å². The van der Waals surface area contributed by atoms with Crippen molar-refractivity contribution in [1.82, 2.24) is 10.6 Å². The molecule has 1 aliphatic rings. The van der Waals surface area contributed by atoms with Gasteiger partial charge in [-0.2, -0.15) is 0 Å². The molecule has 1 unspecified atom stereocenters. The lowest BCUT2D eigenvalue weighted by atomic mass is 9.98. The van der Waals surface area contributed by atoms with Crippen molar-refractivity contribution in [2.24, 2.45) is 11.7 Å². The molecule has 0 spiro atoms. The number of hydrogen-bond acceptors (Lipinski definition) is 3. The third-order valence-electron chi connectivity index (χ3n) is 3.56. The van der Waals surface area contributed by atoms with Gasteiger partial charge in [-0.15, -0.1) is 0 Å². The number of hydrogen-bond donors (Lipinski definition) is 3. The highest BCUT2D eigenvalue weighted by Gasteiger charge is 2.23. The molecule has 2 rings (SSSR count). The maximum absolute atomic E-state index is 12.0. The molecule has 108 valence electrons. The largest absolute Gasteiger partial charge is 0.355 e. The van der Waals surface area contributed by atoms with E-state index in [1.54, 1.807) is 0 Å². The normalized spacial score (nSPS) is 18.4. The molecule has 1 heterocycles. The third kappa shape index (κ3) is 4.06. The van der Waals surface area contributed by atoms with Gasteiger partial charge >= 0.3 is 0 Å². The second-order valence-corrected chi connectivity index (χ2v) is 5.11. The summed E-state index contributed by atoms with van der Waals surface area (Å²) in [5, 5.41) is 5.64. The summed E-state index contributed by atoms with van der Waals surface area (Å²) in [5.74, 6) is -0.0650. The minimum Gasteiger partial charge on any atom is -0.355 e. The van der Waals surface area contributed by atoms with Gasteiger partial charge in [-0.1, -0.05) is 24.3 Å². The molecule has 1 aromatic rings. The molecule has 1 atom stereocenters. The van der Waals surface area contributed by atoms with Crippen molar-refractivity contribution in [2.75, 3.05) is 13.1 Å². The molecule has 4 N–H and O–H groups in total. The first kappa shape index (κ1) is 14.5. The van der Waals surface area contributed by atoms with Crippen LogP contribution < -0.4 is 16.4 Å². The van der Waals surface area contributed by atoms with E-state index < -0.39 is 0 Å². The van der Waals surface area contributed by atoms with Gasteiger partial charge in [-0.05, 0) is 30.5 Å². The number of carbonyl (C=O) groups excluding carboxylic acids is 2. The quantitative estimate of drug-likeness (QED) is 0.724. The molecular weight excluding hydrogens is 254 g/mol. The lowest BCUT2D eigenvalue weighted by Crippen LogP contribution is -2.42. The maximum Gasteiger partial charge on any atom is 0.225 e. The summed E-state index contributed by atoms with van der Waals surface area (Å²) in [7, 11) is 0. The Morgan fingerprint density at radius 1 is 1.30 bits per heavy atom. The maximum atomic E-state index is 12.0. The van der Waals surface area contributed by atoms with Crippen molar-refractivity contribution in [2.45, 2.75) is 25.8 Å². The van der Waals surface area contributed by atoms with Gasteiger partial charge in [0.25, 0.3) is 0 Å². The molecule has 2 amide bonds. The van der Waals surface area contributed by atoms with Crippen LogP contribution in [0.1, 0.15) is 24.0 Å². The third-order valence-corrected chi connectivity index (χ3v) is 3.56. The lowest BCUT2D eigenvalue weighted by molar-refractivity contribution is -0.129. The molecule has 1 aliphatic heterocycles. The van der Waals surface area contributed by atoms with E-state index in [1.807, 2.05) is 24.3 Å². The number of nitrogens with two attached hydrogens (primary N) is 1. The Labute approximate surface area is 118 Å². The summed E-state index contributed by atoms with van der Waals surface area (Å²) in [6, 6.07) is 8.09. The minimum absolute atomic E-state index is 0.0102. The fourth-order valence-electron chi connectivity index (χ4n) is 2.28. The first-order chi connectivity index (χ1) is 9.69. The Kier molecular flexibility index (Phi) is 5.12. The Balaban J connectivity index is 1.79. The van der Waals surface area contributed by atoms with Crippen LogP contribution in [0.25, 0.3) is 0 Å². The van der Waals surface area contributed by atoms with Crippen molar-refractivity contribution < 1.29 is 9.59 Å². The van der Waals surface area contributed by atoms with Crippen molar-refractivity contribution in [3.63, 3.8) is 0 Å². The van der Waals surface area contributed by atoms with Crippen LogP contribution in [0.4, 0.5) is 0 Å². The number of carbonyl (C=O) groups is 2. The van der Waals surface area contributed by atoms with Crippen LogP contribution in [-0.4, -0.2) is 24.9 Å². The molecule has 0 radical (unpaired) electrons. The Morgan fingerprint density at radius 2 is 2.00 bits per heavy atom. The summed E-state index contributed by atoms with van der Waals surface area (Å²) in [4.78, 5) is 23.0. The number of rotatable bonds is 5. The van der Waals surface area contributed by atoms with E-state index in [-0.39, 0.29) is 17.7 Å². The zero-order chi connectivity index (χ0) is 14.4. The molecule has 0 aromatic heterocycles. The number of piperidine rings is 1. The van der Waals surface area contributed by atoms with Crippen LogP contribution in [0.2, 0.25) is 0 Å². The molecule has 5 nitrogen and oxygen atoms in total. The first-order valence-corrected chi connectivity index (χ1v) is 7.01. The SMILES string of the molecule is NCCc1ccc(CNC(=O)C2CCC(=O)NC2)cc1. The van der Waals surface area contributed by atoms with Crippen molar-refractivity contribution in [3.8, 4) is 0 Å². The summed E-state index contributed by atoms with van der Waals surface area (Å²) in [5.41, 5.74) is 7.78. The van der Waals surface area contributed by atoms with Crippen LogP contribution in [0, 0.1) is 5.92 Å². The van der Waals surface area contributed by atoms with E-state index in [1.165, 1.54) is 5.56 Å². The summed E-state index contributed by atoms with van der Waals surface area (Å²) in [6.07, 6.45) is 1.94. The Bertz CT molecular complexity index is 461. The summed E-state index contributed by atoms with van der Waals surface area (Å²) in [6.45, 7) is 1.61. The molecule has 1 aromatic carbocycles. The average Bonchev–Trinajstić information content (AvgIpc) is 2.47. The standard InChI is InChI=1S/C15H21N3O2/c16-8-7-11-1-3-12(4-2-11)9-18-15(20)13-5-6-14(19)17-10-13/h1-4,13H,5-10,16H2,(H,17,19)(H,18,20). The van der Waals surface area contributed by atoms with Crippen molar-refractivity contribution >= 4 is 11.8 Å². The van der Waals surface area contributed by atoms with Gasteiger partial charge in [0.05, 0.1) is 5.92 Å². The van der Waals surface area contributed by atoms with Gasteiger partial charge in [0.2, 0.25) is 11.8 Å². The van der Waals surface area contributed by atoms with E-state index in [2.05, 4.69) is 10.6 Å². The van der Waals surface area contributed by atoms with E-state index in [0.717, 1.165) is 12.0 Å². The molecule has 0 bridgehead atoms. The van der Waals surface area contributed by atoms with Crippen molar-refractivity contribution in [3.05, 3.63) is 35.4 Å². The van der Waals surface area contributed by atoms with Crippen LogP contribution in [0.3, 0.4) is 0 Å². The topological polar surface area (TPSA) is 84.2 Å². The van der Waals surface area contributed by atoms with Crippen LogP contribution >= 0.6 is 0 Å². The molecule has 1 fully saturated rings. The highest BCUT2D eigenvalue weighted by molar-refractivity contribution is 5.83. The molecule has 5 heteroatoms. The first-order valence-electron chi connectivity index (χ1n) is 7.01. The van der Waals surface area contributed by atoms with Gasteiger partial charge in [0.15, 0.2) is 0 Å². The highest BCUT2D eigenvalue weighted by atomic mass is 16.2. The van der Waals surface area contributed by atoms with Gasteiger partial charge in [0.1, 0.15) is 0 Å². The van der Waals surface area contributed by atoms with Gasteiger partial charge in [0, 0.05) is 19.5 Å². The van der Waals surface area contributed by atoms with E-state index in [4.69, 9.17) is 5.73 Å². The predicted molar refractivity (Wildman–Crippen MR) is 76.8 cm³/mol. The summed E-state index contributed by atoms with van der Waals surface area (Å²) >= 11 is 0. The average molecular weight is 275 g/mol. The van der Waals surface area contributed by atoms with E-state index in [0.29, 0.717) is 32.5 Å². The molecule has 1 saturated heterocycles. The van der Waals surface area contributed by atoms with Crippen LogP contribution in [0.15, 0.2) is 24.3 Å². The number of benzene rings is 1. The van der Waals surface area contributed by atoms with Gasteiger partial charge in [-0.3, -0.25) is 9.59 Å². The molecule has 20 heavy (non-hydrogen) atoms. The fourth-order valence-corrected chi connectivity index (χ4v) is 2.28. The zero-order valence-corrected chi connectivity index (χ0v) is 11.5. The molecule has 0 saturated carbocycles. The highest BCUT2D eigenvalue weighted by Crippen LogP contribution is 2.11. The smallest absolute Gasteiger partial charge is 0.225 e. The minimum atomic E-state index is -0.107. The van der Waals surface area contributed by atoms with Crippen LogP contribution in [-0.2, 0) is 22.6 Å². The second kappa shape index (κ2) is 7.05. The Morgan fingerprint density at radius 3 is 2.60 bits per heavy atom. The van der Waals surface area contributed by atoms with Gasteiger partial charge < -0.3 is 16.4 Å². The van der Waals surface area contributed by atoms with Gasteiger partial charge in [-0.25, -0.2) is 0 Å². The monoisotopic (exact) mass is 275 g/mol.